The summed E-state index contributed by atoms with van der Waals surface area (Å²) < 4.78 is 10.6. The van der Waals surface area contributed by atoms with Gasteiger partial charge in [-0.3, -0.25) is 0 Å². The van der Waals surface area contributed by atoms with Crippen LogP contribution in [0.15, 0.2) is 27.7 Å². The molecule has 0 spiro atoms. The Morgan fingerprint density at radius 2 is 2.00 bits per heavy atom. The van der Waals surface area contributed by atoms with Crippen molar-refractivity contribution >= 4 is 29.9 Å². The van der Waals surface area contributed by atoms with Crippen molar-refractivity contribution in [2.24, 2.45) is 4.99 Å². The molecule has 0 aliphatic carbocycles. The Bertz CT molecular complexity index is 681. The van der Waals surface area contributed by atoms with Crippen molar-refractivity contribution in [3.05, 3.63) is 40.9 Å². The molecule has 0 bridgehead atoms. The summed E-state index contributed by atoms with van der Waals surface area (Å²) in [5.41, 5.74) is 2.95. The van der Waals surface area contributed by atoms with Crippen molar-refractivity contribution in [1.29, 1.82) is 0 Å². The molecule has 7 nitrogen and oxygen atoms in total. The van der Waals surface area contributed by atoms with Crippen LogP contribution in [0.4, 0.5) is 0 Å². The molecule has 0 amide bonds. The molecular weight excluding hydrogens is 445 g/mol. The molecule has 0 aromatic carbocycles. The van der Waals surface area contributed by atoms with Gasteiger partial charge in [-0.2, -0.15) is 0 Å². The molecule has 0 saturated heterocycles. The summed E-state index contributed by atoms with van der Waals surface area (Å²) >= 11 is 0. The number of ether oxygens (including phenoxy) is 1. The van der Waals surface area contributed by atoms with Crippen molar-refractivity contribution in [3.8, 4) is 5.88 Å². The monoisotopic (exact) mass is 473 g/mol. The largest absolute Gasteiger partial charge is 0.481 e. The molecule has 2 heterocycles. The number of hydrogen-bond acceptors (Lipinski definition) is 5. The zero-order chi connectivity index (χ0) is 18.1. The summed E-state index contributed by atoms with van der Waals surface area (Å²) in [4.78, 5) is 9.06. The minimum Gasteiger partial charge on any atom is -0.481 e. The highest BCUT2D eigenvalue weighted by atomic mass is 127. The van der Waals surface area contributed by atoms with E-state index in [2.05, 4.69) is 39.6 Å². The first-order valence-corrected chi connectivity index (χ1v) is 8.70. The third-order valence-electron chi connectivity index (χ3n) is 3.77. The zero-order valence-electron chi connectivity index (χ0n) is 15.8. The second-order valence-electron chi connectivity index (χ2n) is 5.46. The number of halogens is 1. The molecule has 2 aromatic heterocycles. The van der Waals surface area contributed by atoms with Gasteiger partial charge in [0.1, 0.15) is 5.76 Å². The molecule has 0 atom stereocenters. The fraction of sp³-hybridized carbons (Fsp3) is 0.500. The summed E-state index contributed by atoms with van der Waals surface area (Å²) in [5, 5.41) is 10.7. The van der Waals surface area contributed by atoms with Crippen LogP contribution in [0.3, 0.4) is 0 Å². The molecule has 0 fully saturated rings. The van der Waals surface area contributed by atoms with Crippen LogP contribution in [0, 0.1) is 0 Å². The molecular formula is C18H28IN5O2. The molecule has 26 heavy (non-hydrogen) atoms. The second-order valence-corrected chi connectivity index (χ2v) is 5.46. The Labute approximate surface area is 172 Å². The first-order chi connectivity index (χ1) is 12.2. The van der Waals surface area contributed by atoms with Crippen LogP contribution >= 0.6 is 24.0 Å². The number of nitrogens with one attached hydrogen (secondary N) is 2. The zero-order valence-corrected chi connectivity index (χ0v) is 18.2. The van der Waals surface area contributed by atoms with Gasteiger partial charge in [-0.25, -0.2) is 9.98 Å². The van der Waals surface area contributed by atoms with Gasteiger partial charge in [-0.05, 0) is 19.4 Å². The summed E-state index contributed by atoms with van der Waals surface area (Å²) in [6, 6.07) is 5.70. The van der Waals surface area contributed by atoms with Crippen molar-refractivity contribution < 1.29 is 9.26 Å². The lowest BCUT2D eigenvalue weighted by Crippen LogP contribution is -2.37. The predicted molar refractivity (Wildman–Crippen MR) is 113 cm³/mol. The van der Waals surface area contributed by atoms with Gasteiger partial charge in [-0.1, -0.05) is 25.1 Å². The van der Waals surface area contributed by atoms with Crippen LogP contribution in [-0.4, -0.2) is 29.8 Å². The molecule has 0 saturated carbocycles. The fourth-order valence-corrected chi connectivity index (χ4v) is 2.46. The highest BCUT2D eigenvalue weighted by Crippen LogP contribution is 2.16. The van der Waals surface area contributed by atoms with E-state index in [1.54, 1.807) is 7.11 Å². The van der Waals surface area contributed by atoms with Gasteiger partial charge in [-0.15, -0.1) is 24.0 Å². The molecule has 0 aliphatic heterocycles. The number of pyridine rings is 1. The number of aryl methyl sites for hydroxylation is 2. The van der Waals surface area contributed by atoms with E-state index in [1.165, 1.54) is 0 Å². The Kier molecular flexibility index (Phi) is 10.0. The third-order valence-corrected chi connectivity index (χ3v) is 3.77. The van der Waals surface area contributed by atoms with E-state index < -0.39 is 0 Å². The molecule has 0 radical (unpaired) electrons. The van der Waals surface area contributed by atoms with E-state index in [-0.39, 0.29) is 24.0 Å². The normalized spacial score (nSPS) is 11.0. The fourth-order valence-electron chi connectivity index (χ4n) is 2.46. The Hall–Kier alpha value is -1.84. The van der Waals surface area contributed by atoms with Crippen molar-refractivity contribution in [2.75, 3.05) is 13.7 Å². The first kappa shape index (κ1) is 22.2. The van der Waals surface area contributed by atoms with Crippen LogP contribution in [-0.2, 0) is 25.9 Å². The third kappa shape index (κ3) is 6.15. The van der Waals surface area contributed by atoms with Crippen molar-refractivity contribution in [3.63, 3.8) is 0 Å². The van der Waals surface area contributed by atoms with E-state index in [1.807, 2.05) is 25.1 Å². The van der Waals surface area contributed by atoms with E-state index in [0.29, 0.717) is 19.0 Å². The van der Waals surface area contributed by atoms with Gasteiger partial charge in [0.2, 0.25) is 5.88 Å². The maximum Gasteiger partial charge on any atom is 0.213 e. The van der Waals surface area contributed by atoms with E-state index in [0.717, 1.165) is 48.1 Å². The Balaban J connectivity index is 0.00000338. The van der Waals surface area contributed by atoms with E-state index >= 15 is 0 Å². The molecule has 144 valence electrons. The lowest BCUT2D eigenvalue weighted by Gasteiger charge is -2.11. The van der Waals surface area contributed by atoms with Crippen molar-refractivity contribution in [2.45, 2.75) is 46.7 Å². The summed E-state index contributed by atoms with van der Waals surface area (Å²) in [6.07, 6.45) is 1.65. The number of methoxy groups -OCH3 is 1. The van der Waals surface area contributed by atoms with Crippen LogP contribution in [0.2, 0.25) is 0 Å². The highest BCUT2D eigenvalue weighted by Gasteiger charge is 2.13. The lowest BCUT2D eigenvalue weighted by atomic mass is 10.1. The molecule has 2 aromatic rings. The second kappa shape index (κ2) is 11.7. The van der Waals surface area contributed by atoms with Crippen LogP contribution in [0.5, 0.6) is 5.88 Å². The van der Waals surface area contributed by atoms with Crippen molar-refractivity contribution in [1.82, 2.24) is 20.8 Å². The van der Waals surface area contributed by atoms with Gasteiger partial charge in [0.25, 0.3) is 0 Å². The lowest BCUT2D eigenvalue weighted by molar-refractivity contribution is 0.380. The van der Waals surface area contributed by atoms with Gasteiger partial charge in [0.05, 0.1) is 31.6 Å². The number of nitrogens with zero attached hydrogens (tertiary/aromatic N) is 3. The quantitative estimate of drug-likeness (QED) is 0.348. The van der Waals surface area contributed by atoms with Crippen LogP contribution in [0.1, 0.15) is 43.5 Å². The average Bonchev–Trinajstić information content (AvgIpc) is 3.06. The summed E-state index contributed by atoms with van der Waals surface area (Å²) in [5.74, 6) is 2.24. The topological polar surface area (TPSA) is 84.6 Å². The van der Waals surface area contributed by atoms with E-state index in [9.17, 15) is 0 Å². The maximum atomic E-state index is 5.40. The number of guanidine groups is 1. The minimum absolute atomic E-state index is 0. The SMILES string of the molecule is CCNC(=NCc1c(CC)noc1CC)NCc1cccc(OC)n1.I. The van der Waals surface area contributed by atoms with Gasteiger partial charge in [0, 0.05) is 24.6 Å². The first-order valence-electron chi connectivity index (χ1n) is 8.70. The Morgan fingerprint density at radius 3 is 2.65 bits per heavy atom. The van der Waals surface area contributed by atoms with Crippen LogP contribution in [0.25, 0.3) is 0 Å². The minimum atomic E-state index is 0. The number of aromatic nitrogens is 2. The molecule has 0 aliphatic rings. The molecule has 0 unspecified atom stereocenters. The standard InChI is InChI=1S/C18H27N5O2.HI/c1-5-15-14(16(6-2)25-23-15)12-21-18(19-7-3)20-11-13-9-8-10-17(22-13)24-4;/h8-10H,5-7,11-12H2,1-4H3,(H2,19,20,21);1H. The number of hydrogen-bond donors (Lipinski definition) is 2. The number of rotatable bonds is 8. The van der Waals surface area contributed by atoms with Gasteiger partial charge < -0.3 is 19.9 Å². The predicted octanol–water partition coefficient (Wildman–Crippen LogP) is 3.08. The average molecular weight is 473 g/mol. The van der Waals surface area contributed by atoms with Crippen LogP contribution < -0.4 is 15.4 Å². The highest BCUT2D eigenvalue weighted by molar-refractivity contribution is 14.0. The number of aliphatic imine (C=N–C) groups is 1. The smallest absolute Gasteiger partial charge is 0.213 e. The van der Waals surface area contributed by atoms with Gasteiger partial charge in [0.15, 0.2) is 5.96 Å². The molecule has 2 N–H and O–H groups in total. The maximum absolute atomic E-state index is 5.40. The molecule has 2 rings (SSSR count). The van der Waals surface area contributed by atoms with E-state index in [4.69, 9.17) is 9.26 Å². The molecule has 8 heteroatoms. The Morgan fingerprint density at radius 1 is 1.19 bits per heavy atom. The van der Waals surface area contributed by atoms with Gasteiger partial charge >= 0.3 is 0 Å². The summed E-state index contributed by atoms with van der Waals surface area (Å²) in [6.45, 7) is 8.05. The summed E-state index contributed by atoms with van der Waals surface area (Å²) in [7, 11) is 1.61.